The van der Waals surface area contributed by atoms with Crippen molar-refractivity contribution in [2.24, 2.45) is 11.1 Å². The third kappa shape index (κ3) is 3.06. The number of carbonyl (C=O) groups excluding carboxylic acids is 1. The summed E-state index contributed by atoms with van der Waals surface area (Å²) in [6.07, 6.45) is 2.46. The first-order valence-corrected chi connectivity index (χ1v) is 7.44. The highest BCUT2D eigenvalue weighted by Crippen LogP contribution is 2.40. The third-order valence-electron chi connectivity index (χ3n) is 4.11. The predicted molar refractivity (Wildman–Crippen MR) is 79.4 cm³/mol. The summed E-state index contributed by atoms with van der Waals surface area (Å²) >= 11 is 0. The van der Waals surface area contributed by atoms with Crippen molar-refractivity contribution in [2.45, 2.75) is 59.5 Å². The number of hydrogen-bond donors (Lipinski definition) is 1. The number of carbonyl (C=O) groups is 1. The summed E-state index contributed by atoms with van der Waals surface area (Å²) in [5.41, 5.74) is 10.3. The Bertz CT molecular complexity index is 503. The van der Waals surface area contributed by atoms with Crippen LogP contribution in [0.3, 0.4) is 0 Å². The number of aromatic nitrogens is 1. The Morgan fingerprint density at radius 2 is 2.25 bits per heavy atom. The molecule has 1 aliphatic carbocycles. The molecular formula is C16H26N2O2. The van der Waals surface area contributed by atoms with E-state index in [1.807, 2.05) is 6.92 Å². The van der Waals surface area contributed by atoms with Crippen molar-refractivity contribution in [1.29, 1.82) is 0 Å². The number of fused-ring (bicyclic) bond motifs is 1. The first kappa shape index (κ1) is 15.1. The Hall–Kier alpha value is -1.29. The molecule has 4 nitrogen and oxygen atoms in total. The van der Waals surface area contributed by atoms with Gasteiger partial charge in [0.25, 0.3) is 0 Å². The lowest BCUT2D eigenvalue weighted by molar-refractivity contribution is -0.143. The smallest absolute Gasteiger partial charge is 0.307 e. The molecule has 112 valence electrons. The number of hydrogen-bond acceptors (Lipinski definition) is 3. The van der Waals surface area contributed by atoms with Crippen LogP contribution in [0.5, 0.6) is 0 Å². The van der Waals surface area contributed by atoms with E-state index in [1.165, 1.54) is 17.0 Å². The van der Waals surface area contributed by atoms with Crippen molar-refractivity contribution in [3.05, 3.63) is 23.0 Å². The molecule has 0 spiro atoms. The molecule has 1 heterocycles. The van der Waals surface area contributed by atoms with E-state index in [-0.39, 0.29) is 17.4 Å². The lowest BCUT2D eigenvalue weighted by atomic mass is 9.74. The highest BCUT2D eigenvalue weighted by molar-refractivity contribution is 5.69. The van der Waals surface area contributed by atoms with Gasteiger partial charge in [0.15, 0.2) is 0 Å². The number of esters is 1. The molecule has 2 rings (SSSR count). The molecule has 1 atom stereocenters. The Balaban J connectivity index is 2.20. The van der Waals surface area contributed by atoms with Crippen LogP contribution in [0, 0.1) is 12.3 Å². The molecule has 0 radical (unpaired) electrons. The van der Waals surface area contributed by atoms with Gasteiger partial charge in [-0.25, -0.2) is 0 Å². The van der Waals surface area contributed by atoms with Gasteiger partial charge in [0.2, 0.25) is 0 Å². The molecule has 0 aromatic carbocycles. The van der Waals surface area contributed by atoms with Gasteiger partial charge in [0.05, 0.1) is 13.0 Å². The quantitative estimate of drug-likeness (QED) is 0.862. The van der Waals surface area contributed by atoms with Crippen molar-refractivity contribution in [2.75, 3.05) is 6.61 Å². The van der Waals surface area contributed by atoms with Crippen LogP contribution in [0.1, 0.15) is 56.6 Å². The van der Waals surface area contributed by atoms with Crippen LogP contribution < -0.4 is 5.73 Å². The van der Waals surface area contributed by atoms with Gasteiger partial charge in [-0.15, -0.1) is 0 Å². The van der Waals surface area contributed by atoms with Crippen molar-refractivity contribution in [3.63, 3.8) is 0 Å². The van der Waals surface area contributed by atoms with Gasteiger partial charge in [0.1, 0.15) is 0 Å². The minimum absolute atomic E-state index is 0.108. The number of ether oxygens (including phenoxy) is 1. The van der Waals surface area contributed by atoms with Gasteiger partial charge >= 0.3 is 5.97 Å². The maximum Gasteiger partial charge on any atom is 0.307 e. The molecule has 0 amide bonds. The fourth-order valence-electron chi connectivity index (χ4n) is 3.25. The van der Waals surface area contributed by atoms with E-state index in [0.29, 0.717) is 19.6 Å². The molecule has 4 heteroatoms. The molecule has 1 aromatic rings. The number of nitrogens with two attached hydrogens (primary N) is 1. The van der Waals surface area contributed by atoms with Crippen LogP contribution in [0.25, 0.3) is 0 Å². The molecule has 0 saturated carbocycles. The zero-order valence-corrected chi connectivity index (χ0v) is 13.0. The fourth-order valence-corrected chi connectivity index (χ4v) is 3.25. The minimum atomic E-state index is -0.131. The Kier molecular flexibility index (Phi) is 4.23. The van der Waals surface area contributed by atoms with Gasteiger partial charge in [-0.1, -0.05) is 13.8 Å². The maximum atomic E-state index is 11.5. The van der Waals surface area contributed by atoms with Crippen LogP contribution in [0.2, 0.25) is 0 Å². The zero-order chi connectivity index (χ0) is 14.9. The Morgan fingerprint density at radius 3 is 2.90 bits per heavy atom. The largest absolute Gasteiger partial charge is 0.466 e. The van der Waals surface area contributed by atoms with Crippen LogP contribution in [0.15, 0.2) is 6.07 Å². The second-order valence-corrected chi connectivity index (χ2v) is 6.55. The van der Waals surface area contributed by atoms with Crippen LogP contribution >= 0.6 is 0 Å². The fraction of sp³-hybridized carbons (Fsp3) is 0.688. The number of rotatable bonds is 4. The third-order valence-corrected chi connectivity index (χ3v) is 4.11. The van der Waals surface area contributed by atoms with Gasteiger partial charge in [-0.2, -0.15) is 0 Å². The van der Waals surface area contributed by atoms with Crippen LogP contribution in [0.4, 0.5) is 0 Å². The summed E-state index contributed by atoms with van der Waals surface area (Å²) in [7, 11) is 0. The van der Waals surface area contributed by atoms with Crippen molar-refractivity contribution in [3.8, 4) is 0 Å². The van der Waals surface area contributed by atoms with Gasteiger partial charge in [-0.05, 0) is 43.7 Å². The van der Waals surface area contributed by atoms with E-state index in [0.717, 1.165) is 12.8 Å². The van der Waals surface area contributed by atoms with Crippen molar-refractivity contribution < 1.29 is 9.53 Å². The molecule has 2 N–H and O–H groups in total. The standard InChI is InChI=1S/C16H26N2O2/c1-5-20-15(19)6-7-18-11(2)8-12-13(17)9-16(3,4)10-14(12)18/h8,13H,5-7,9-10,17H2,1-4H3. The summed E-state index contributed by atoms with van der Waals surface area (Å²) in [4.78, 5) is 11.5. The van der Waals surface area contributed by atoms with Crippen molar-refractivity contribution in [1.82, 2.24) is 4.57 Å². The van der Waals surface area contributed by atoms with E-state index in [4.69, 9.17) is 10.5 Å². The van der Waals surface area contributed by atoms with Gasteiger partial charge in [0, 0.05) is 24.0 Å². The predicted octanol–water partition coefficient (Wildman–Crippen LogP) is 2.72. The van der Waals surface area contributed by atoms with Gasteiger partial charge < -0.3 is 15.0 Å². The van der Waals surface area contributed by atoms with E-state index < -0.39 is 0 Å². The highest BCUT2D eigenvalue weighted by atomic mass is 16.5. The van der Waals surface area contributed by atoms with Crippen LogP contribution in [-0.2, 0) is 22.5 Å². The maximum absolute atomic E-state index is 11.5. The lowest BCUT2D eigenvalue weighted by Gasteiger charge is -2.34. The molecule has 0 aliphatic heterocycles. The lowest BCUT2D eigenvalue weighted by Crippen LogP contribution is -2.30. The summed E-state index contributed by atoms with van der Waals surface area (Å²) in [6.45, 7) is 9.56. The molecule has 20 heavy (non-hydrogen) atoms. The van der Waals surface area contributed by atoms with E-state index in [9.17, 15) is 4.79 Å². The molecule has 1 aromatic heterocycles. The molecule has 0 saturated heterocycles. The van der Waals surface area contributed by atoms with E-state index in [1.54, 1.807) is 0 Å². The molecule has 1 unspecified atom stereocenters. The summed E-state index contributed by atoms with van der Waals surface area (Å²) in [5.74, 6) is -0.131. The molecule has 1 aliphatic rings. The second kappa shape index (κ2) is 5.60. The average Bonchev–Trinajstić information content (AvgIpc) is 2.62. The highest BCUT2D eigenvalue weighted by Gasteiger charge is 2.33. The SMILES string of the molecule is CCOC(=O)CCn1c(C)cc2c1CC(C)(C)CC2N. The first-order valence-electron chi connectivity index (χ1n) is 7.44. The average molecular weight is 278 g/mol. The zero-order valence-electron chi connectivity index (χ0n) is 13.0. The molecule has 0 bridgehead atoms. The number of aryl methyl sites for hydroxylation is 1. The minimum Gasteiger partial charge on any atom is -0.466 e. The Labute approximate surface area is 121 Å². The molecular weight excluding hydrogens is 252 g/mol. The first-order chi connectivity index (χ1) is 9.34. The summed E-state index contributed by atoms with van der Waals surface area (Å²) < 4.78 is 7.25. The second-order valence-electron chi connectivity index (χ2n) is 6.55. The monoisotopic (exact) mass is 278 g/mol. The van der Waals surface area contributed by atoms with Crippen LogP contribution in [-0.4, -0.2) is 17.1 Å². The van der Waals surface area contributed by atoms with Crippen molar-refractivity contribution >= 4 is 5.97 Å². The Morgan fingerprint density at radius 1 is 1.55 bits per heavy atom. The van der Waals surface area contributed by atoms with Gasteiger partial charge in [-0.3, -0.25) is 4.79 Å². The van der Waals surface area contributed by atoms with E-state index in [2.05, 4.69) is 31.4 Å². The normalized spacial score (nSPS) is 20.6. The summed E-state index contributed by atoms with van der Waals surface area (Å²) in [6, 6.07) is 2.29. The topological polar surface area (TPSA) is 57.2 Å². The molecule has 0 fully saturated rings. The number of nitrogens with zero attached hydrogens (tertiary/aromatic N) is 1. The summed E-state index contributed by atoms with van der Waals surface area (Å²) in [5, 5.41) is 0. The van der Waals surface area contributed by atoms with E-state index >= 15 is 0 Å².